The van der Waals surface area contributed by atoms with Crippen molar-refractivity contribution in [1.29, 1.82) is 0 Å². The molecule has 0 unspecified atom stereocenters. The summed E-state index contributed by atoms with van der Waals surface area (Å²) in [6.07, 6.45) is 4.69. The van der Waals surface area contributed by atoms with Crippen molar-refractivity contribution in [3.05, 3.63) is 33.3 Å². The zero-order chi connectivity index (χ0) is 13.4. The fraction of sp³-hybridized carbons (Fsp3) is 0.462. The van der Waals surface area contributed by atoms with E-state index in [1.807, 2.05) is 0 Å². The van der Waals surface area contributed by atoms with Crippen LogP contribution in [0.4, 0.5) is 0 Å². The van der Waals surface area contributed by atoms with E-state index in [-0.39, 0.29) is 5.91 Å². The highest BCUT2D eigenvalue weighted by Gasteiger charge is 2.09. The predicted octanol–water partition coefficient (Wildman–Crippen LogP) is 4.83. The van der Waals surface area contributed by atoms with Crippen molar-refractivity contribution < 1.29 is 4.79 Å². The van der Waals surface area contributed by atoms with Gasteiger partial charge in [-0.05, 0) is 51.4 Å². The monoisotopic (exact) mass is 443 g/mol. The number of hydrogen-bond acceptors (Lipinski definition) is 1. The number of benzene rings is 1. The van der Waals surface area contributed by atoms with E-state index in [1.54, 1.807) is 18.2 Å². The van der Waals surface area contributed by atoms with E-state index in [2.05, 4.69) is 43.8 Å². The highest BCUT2D eigenvalue weighted by Crippen LogP contribution is 2.20. The van der Waals surface area contributed by atoms with Crippen molar-refractivity contribution >= 4 is 56.0 Å². The average Bonchev–Trinajstić information content (AvgIpc) is 2.36. The number of carbonyl (C=O) groups is 1. The third-order valence-electron chi connectivity index (χ3n) is 2.52. The molecule has 1 rings (SSSR count). The second kappa shape index (κ2) is 9.15. The Morgan fingerprint density at radius 2 is 2.00 bits per heavy atom. The van der Waals surface area contributed by atoms with Crippen LogP contribution in [0.2, 0.25) is 5.02 Å². The Bertz CT molecular complexity index is 401. The van der Waals surface area contributed by atoms with E-state index in [9.17, 15) is 4.79 Å². The van der Waals surface area contributed by atoms with Gasteiger partial charge in [0.1, 0.15) is 0 Å². The van der Waals surface area contributed by atoms with E-state index >= 15 is 0 Å². The summed E-state index contributed by atoms with van der Waals surface area (Å²) in [5.41, 5.74) is 0.592. The zero-order valence-electron chi connectivity index (χ0n) is 10.0. The van der Waals surface area contributed by atoms with Gasteiger partial charge in [0.15, 0.2) is 0 Å². The van der Waals surface area contributed by atoms with E-state index in [4.69, 9.17) is 11.6 Å². The van der Waals surface area contributed by atoms with Crippen LogP contribution >= 0.6 is 50.1 Å². The summed E-state index contributed by atoms with van der Waals surface area (Å²) >= 11 is 11.6. The maximum Gasteiger partial charge on any atom is 0.252 e. The minimum absolute atomic E-state index is 0.0710. The Kier molecular flexibility index (Phi) is 8.26. The second-order valence-corrected chi connectivity index (χ2v) is 6.35. The largest absolute Gasteiger partial charge is 0.352 e. The van der Waals surface area contributed by atoms with E-state index < -0.39 is 0 Å². The van der Waals surface area contributed by atoms with Gasteiger partial charge >= 0.3 is 0 Å². The minimum Gasteiger partial charge on any atom is -0.352 e. The first kappa shape index (κ1) is 16.2. The van der Waals surface area contributed by atoms with E-state index in [1.165, 1.54) is 23.7 Å². The molecular formula is C13H16BrClINO. The number of carbonyl (C=O) groups excluding carboxylic acids is 1. The average molecular weight is 445 g/mol. The highest BCUT2D eigenvalue weighted by molar-refractivity contribution is 14.1. The first-order valence-corrected chi connectivity index (χ1v) is 8.64. The van der Waals surface area contributed by atoms with Crippen LogP contribution in [0.1, 0.15) is 36.0 Å². The first-order valence-electron chi connectivity index (χ1n) is 5.94. The van der Waals surface area contributed by atoms with Gasteiger partial charge in [0.25, 0.3) is 5.91 Å². The van der Waals surface area contributed by atoms with Crippen molar-refractivity contribution in [2.45, 2.75) is 25.7 Å². The van der Waals surface area contributed by atoms with Crippen LogP contribution in [0.5, 0.6) is 0 Å². The molecule has 0 aromatic heterocycles. The lowest BCUT2D eigenvalue weighted by molar-refractivity contribution is 0.0952. The topological polar surface area (TPSA) is 29.1 Å². The normalized spacial score (nSPS) is 10.4. The Balaban J connectivity index is 2.34. The van der Waals surface area contributed by atoms with Crippen molar-refractivity contribution in [1.82, 2.24) is 5.32 Å². The van der Waals surface area contributed by atoms with Crippen LogP contribution in [0.25, 0.3) is 0 Å². The molecule has 18 heavy (non-hydrogen) atoms. The van der Waals surface area contributed by atoms with Gasteiger partial charge in [0.2, 0.25) is 0 Å². The summed E-state index contributed by atoms with van der Waals surface area (Å²) in [6, 6.07) is 5.22. The maximum atomic E-state index is 11.9. The molecule has 0 aliphatic carbocycles. The highest BCUT2D eigenvalue weighted by atomic mass is 127. The van der Waals surface area contributed by atoms with Gasteiger partial charge in [-0.3, -0.25) is 4.79 Å². The molecule has 0 bridgehead atoms. The number of halogens is 3. The van der Waals surface area contributed by atoms with E-state index in [0.717, 1.165) is 17.4 Å². The summed E-state index contributed by atoms with van der Waals surface area (Å²) in [7, 11) is 0. The maximum absolute atomic E-state index is 11.9. The summed E-state index contributed by atoms with van der Waals surface area (Å²) in [5.74, 6) is -0.0710. The quantitative estimate of drug-likeness (QED) is 0.364. The Labute approximate surface area is 135 Å². The molecule has 5 heteroatoms. The summed E-state index contributed by atoms with van der Waals surface area (Å²) < 4.78 is 1.98. The van der Waals surface area contributed by atoms with Gasteiger partial charge in [-0.15, -0.1) is 0 Å². The van der Waals surface area contributed by atoms with Crippen LogP contribution in [0.3, 0.4) is 0 Å². The van der Waals surface area contributed by atoms with Crippen LogP contribution < -0.4 is 5.32 Å². The molecule has 100 valence electrons. The molecule has 0 atom stereocenters. The number of hydrogen-bond donors (Lipinski definition) is 1. The fourth-order valence-corrected chi connectivity index (χ4v) is 2.68. The molecule has 0 fully saturated rings. The molecule has 1 N–H and O–H groups in total. The Morgan fingerprint density at radius 3 is 2.72 bits per heavy atom. The third-order valence-corrected chi connectivity index (χ3v) is 4.21. The molecule has 0 aliphatic heterocycles. The summed E-state index contributed by atoms with van der Waals surface area (Å²) in [6.45, 7) is 0.721. The predicted molar refractivity (Wildman–Crippen MR) is 88.8 cm³/mol. The molecule has 0 aliphatic rings. The molecule has 0 saturated heterocycles. The smallest absolute Gasteiger partial charge is 0.252 e. The van der Waals surface area contributed by atoms with Gasteiger partial charge in [0.05, 0.1) is 5.56 Å². The molecule has 2 nitrogen and oxygen atoms in total. The lowest BCUT2D eigenvalue weighted by Gasteiger charge is -2.07. The summed E-state index contributed by atoms with van der Waals surface area (Å²) in [5, 5.41) is 3.49. The van der Waals surface area contributed by atoms with Crippen molar-refractivity contribution in [2.24, 2.45) is 0 Å². The Morgan fingerprint density at radius 1 is 1.28 bits per heavy atom. The van der Waals surface area contributed by atoms with Gasteiger partial charge in [-0.25, -0.2) is 0 Å². The molecular weight excluding hydrogens is 428 g/mol. The molecule has 0 saturated carbocycles. The molecule has 0 heterocycles. The van der Waals surface area contributed by atoms with Crippen LogP contribution in [0, 0.1) is 0 Å². The van der Waals surface area contributed by atoms with Crippen molar-refractivity contribution in [2.75, 3.05) is 11.0 Å². The lowest BCUT2D eigenvalue weighted by Crippen LogP contribution is -2.24. The number of nitrogens with one attached hydrogen (secondary N) is 1. The molecule has 1 amide bonds. The van der Waals surface area contributed by atoms with Crippen LogP contribution in [-0.2, 0) is 0 Å². The fourth-order valence-electron chi connectivity index (χ4n) is 1.54. The first-order chi connectivity index (χ1) is 8.65. The van der Waals surface area contributed by atoms with Gasteiger partial charge in [-0.2, -0.15) is 0 Å². The van der Waals surface area contributed by atoms with E-state index in [0.29, 0.717) is 10.6 Å². The molecule has 1 aromatic rings. The minimum atomic E-state index is -0.0710. The summed E-state index contributed by atoms with van der Waals surface area (Å²) in [4.78, 5) is 11.9. The lowest BCUT2D eigenvalue weighted by atomic mass is 10.2. The van der Waals surface area contributed by atoms with Crippen molar-refractivity contribution in [3.8, 4) is 0 Å². The van der Waals surface area contributed by atoms with Gasteiger partial charge in [0, 0.05) is 16.0 Å². The second-order valence-electron chi connectivity index (χ2n) is 3.98. The van der Waals surface area contributed by atoms with Crippen LogP contribution in [-0.4, -0.2) is 16.9 Å². The number of alkyl halides is 1. The third kappa shape index (κ3) is 5.89. The van der Waals surface area contributed by atoms with Gasteiger partial charge in [-0.1, -0.05) is 47.0 Å². The molecule has 0 radical (unpaired) electrons. The number of rotatable bonds is 7. The van der Waals surface area contributed by atoms with Crippen LogP contribution in [0.15, 0.2) is 22.7 Å². The SMILES string of the molecule is O=C(NCCCCCCI)c1cc(Cl)ccc1Br. The van der Waals surface area contributed by atoms with Gasteiger partial charge < -0.3 is 5.32 Å². The van der Waals surface area contributed by atoms with Crippen molar-refractivity contribution in [3.63, 3.8) is 0 Å². The molecule has 1 aromatic carbocycles. The molecule has 0 spiro atoms. The zero-order valence-corrected chi connectivity index (χ0v) is 14.5. The standard InChI is InChI=1S/C13H16BrClINO/c14-12-6-5-10(15)9-11(12)13(18)17-8-4-2-1-3-7-16/h5-6,9H,1-4,7-8H2,(H,17,18). The number of amides is 1. The number of unbranched alkanes of at least 4 members (excludes halogenated alkanes) is 3. The Hall–Kier alpha value is 0.190.